The van der Waals surface area contributed by atoms with Gasteiger partial charge < -0.3 is 15.2 Å². The molecule has 5 atom stereocenters. The van der Waals surface area contributed by atoms with Crippen LogP contribution in [0.2, 0.25) is 0 Å². The molecule has 2 N–H and O–H groups in total. The molecule has 2 saturated heterocycles. The SMILES string of the molecule is CCOc1nc(N)nc2c1ncn2C1OC2COP(=O)(OCCSSC(C)(C)C)OC2C1C. The van der Waals surface area contributed by atoms with Crippen LogP contribution in [0.25, 0.3) is 11.2 Å². The molecule has 0 spiro atoms. The number of anilines is 1. The molecule has 2 aromatic heterocycles. The summed E-state index contributed by atoms with van der Waals surface area (Å²) in [5.41, 5.74) is 6.86. The first kappa shape index (κ1) is 25.0. The highest BCUT2D eigenvalue weighted by molar-refractivity contribution is 8.77. The molecule has 2 fully saturated rings. The van der Waals surface area contributed by atoms with E-state index in [2.05, 4.69) is 35.7 Å². The van der Waals surface area contributed by atoms with Crippen molar-refractivity contribution in [3.05, 3.63) is 6.33 Å². The van der Waals surface area contributed by atoms with Crippen molar-refractivity contribution >= 4 is 46.5 Å². The normalized spacial score (nSPS) is 30.0. The Balaban J connectivity index is 1.44. The summed E-state index contributed by atoms with van der Waals surface area (Å²) in [6, 6.07) is 0. The van der Waals surface area contributed by atoms with Crippen LogP contribution in [-0.4, -0.2) is 62.0 Å². The summed E-state index contributed by atoms with van der Waals surface area (Å²) < 4.78 is 43.6. The van der Waals surface area contributed by atoms with E-state index in [1.807, 2.05) is 13.8 Å². The van der Waals surface area contributed by atoms with Crippen molar-refractivity contribution < 1.29 is 27.6 Å². The molecule has 2 aliphatic heterocycles. The highest BCUT2D eigenvalue weighted by Crippen LogP contribution is 2.58. The van der Waals surface area contributed by atoms with Crippen LogP contribution in [-0.2, 0) is 22.9 Å². The molecule has 0 aromatic carbocycles. The number of hydrogen-bond acceptors (Lipinski definition) is 12. The van der Waals surface area contributed by atoms with Gasteiger partial charge >= 0.3 is 7.82 Å². The van der Waals surface area contributed by atoms with Crippen LogP contribution in [0.15, 0.2) is 6.33 Å². The van der Waals surface area contributed by atoms with Crippen molar-refractivity contribution in [3.63, 3.8) is 0 Å². The molecule has 0 amide bonds. The molecule has 0 bridgehead atoms. The van der Waals surface area contributed by atoms with Crippen molar-refractivity contribution in [3.8, 4) is 5.88 Å². The molecule has 184 valence electrons. The largest absolute Gasteiger partial charge is 0.476 e. The van der Waals surface area contributed by atoms with Gasteiger partial charge in [-0.15, -0.1) is 0 Å². The van der Waals surface area contributed by atoms with Crippen molar-refractivity contribution in [1.29, 1.82) is 0 Å². The summed E-state index contributed by atoms with van der Waals surface area (Å²) in [6.45, 7) is 11.0. The fourth-order valence-corrected chi connectivity index (χ4v) is 7.34. The molecule has 14 heteroatoms. The van der Waals surface area contributed by atoms with Crippen LogP contribution >= 0.6 is 29.4 Å². The van der Waals surface area contributed by atoms with E-state index in [0.29, 0.717) is 29.4 Å². The number of rotatable bonds is 8. The summed E-state index contributed by atoms with van der Waals surface area (Å²) in [6.07, 6.45) is 0.280. The number of ether oxygens (including phenoxy) is 2. The zero-order valence-corrected chi connectivity index (χ0v) is 21.8. The summed E-state index contributed by atoms with van der Waals surface area (Å²) >= 11 is 0. The average Bonchev–Trinajstić information content (AvgIpc) is 3.28. The number of nitrogen functional groups attached to an aromatic ring is 1. The predicted molar refractivity (Wildman–Crippen MR) is 128 cm³/mol. The van der Waals surface area contributed by atoms with Gasteiger partial charge in [0, 0.05) is 16.4 Å². The number of phosphoric ester groups is 1. The van der Waals surface area contributed by atoms with Crippen LogP contribution < -0.4 is 10.5 Å². The van der Waals surface area contributed by atoms with Crippen LogP contribution in [0.4, 0.5) is 5.95 Å². The van der Waals surface area contributed by atoms with E-state index in [4.69, 9.17) is 28.8 Å². The summed E-state index contributed by atoms with van der Waals surface area (Å²) in [7, 11) is -0.258. The molecule has 4 heterocycles. The van der Waals surface area contributed by atoms with Gasteiger partial charge in [-0.1, -0.05) is 49.3 Å². The topological polar surface area (TPSA) is 133 Å². The molecule has 4 rings (SSSR count). The number of nitrogens with two attached hydrogens (primary N) is 1. The van der Waals surface area contributed by atoms with Crippen LogP contribution in [0.5, 0.6) is 5.88 Å². The zero-order chi connectivity index (χ0) is 23.8. The number of hydrogen-bond donors (Lipinski definition) is 1. The van der Waals surface area contributed by atoms with E-state index in [1.165, 1.54) is 0 Å². The van der Waals surface area contributed by atoms with Gasteiger partial charge in [-0.3, -0.25) is 18.1 Å². The van der Waals surface area contributed by atoms with Crippen molar-refractivity contribution in [1.82, 2.24) is 19.5 Å². The first-order chi connectivity index (χ1) is 15.6. The third-order valence-corrected chi connectivity index (χ3v) is 9.75. The third kappa shape index (κ3) is 5.61. The predicted octanol–water partition coefficient (Wildman–Crippen LogP) is 4.06. The zero-order valence-electron chi connectivity index (χ0n) is 19.3. The minimum absolute atomic E-state index is 0.0794. The molecule has 0 aliphatic carbocycles. The van der Waals surface area contributed by atoms with E-state index < -0.39 is 26.3 Å². The quantitative estimate of drug-likeness (QED) is 0.306. The van der Waals surface area contributed by atoms with Gasteiger partial charge in [0.1, 0.15) is 18.4 Å². The van der Waals surface area contributed by atoms with Crippen LogP contribution in [0.1, 0.15) is 40.8 Å². The minimum atomic E-state index is -3.67. The van der Waals surface area contributed by atoms with Gasteiger partial charge in [-0.05, 0) is 6.92 Å². The second-order valence-electron chi connectivity index (χ2n) is 8.73. The van der Waals surface area contributed by atoms with Gasteiger partial charge in [0.05, 0.1) is 26.1 Å². The number of imidazole rings is 1. The maximum absolute atomic E-state index is 13.0. The van der Waals surface area contributed by atoms with E-state index >= 15 is 0 Å². The fourth-order valence-electron chi connectivity index (χ4n) is 3.64. The summed E-state index contributed by atoms with van der Waals surface area (Å²) in [4.78, 5) is 12.9. The summed E-state index contributed by atoms with van der Waals surface area (Å²) in [5.74, 6) is 0.898. The van der Waals surface area contributed by atoms with Gasteiger partial charge in [0.25, 0.3) is 0 Å². The second-order valence-corrected chi connectivity index (χ2v) is 13.6. The molecular formula is C19H30N5O6PS2. The molecular weight excluding hydrogens is 489 g/mol. The van der Waals surface area contributed by atoms with Crippen molar-refractivity contribution in [2.24, 2.45) is 5.92 Å². The maximum atomic E-state index is 13.0. The highest BCUT2D eigenvalue weighted by Gasteiger charge is 2.52. The van der Waals surface area contributed by atoms with E-state index in [1.54, 1.807) is 32.5 Å². The van der Waals surface area contributed by atoms with Gasteiger partial charge in [-0.2, -0.15) is 9.97 Å². The molecule has 11 nitrogen and oxygen atoms in total. The lowest BCUT2D eigenvalue weighted by Gasteiger charge is -2.31. The standard InChI is InChI=1S/C19H30N5O6PS2/c1-6-26-16-13-15(22-18(20)23-16)24(10-21-13)17-11(2)14-12(29-17)9-28-31(25,30-14)27-7-8-32-33-19(3,4)5/h10-12,14,17H,6-9H2,1-5H3,(H2,20,22,23). The van der Waals surface area contributed by atoms with Gasteiger partial charge in [0.15, 0.2) is 11.2 Å². The van der Waals surface area contributed by atoms with Crippen LogP contribution in [0.3, 0.4) is 0 Å². The molecule has 5 unspecified atom stereocenters. The number of phosphoric acid groups is 1. The Bertz CT molecular complexity index is 1030. The highest BCUT2D eigenvalue weighted by atomic mass is 33.1. The molecule has 0 radical (unpaired) electrons. The van der Waals surface area contributed by atoms with Crippen molar-refractivity contribution in [2.45, 2.75) is 57.8 Å². The monoisotopic (exact) mass is 519 g/mol. The molecule has 2 aliphatic rings. The Morgan fingerprint density at radius 2 is 2.15 bits per heavy atom. The average molecular weight is 520 g/mol. The molecule has 2 aromatic rings. The Kier molecular flexibility index (Phi) is 7.50. The van der Waals surface area contributed by atoms with Crippen LogP contribution in [0, 0.1) is 5.92 Å². The Labute approximate surface area is 200 Å². The second kappa shape index (κ2) is 9.88. The number of aromatic nitrogens is 4. The fraction of sp³-hybridized carbons (Fsp3) is 0.737. The first-order valence-electron chi connectivity index (χ1n) is 10.8. The Hall–Kier alpha value is -1.08. The first-order valence-corrected chi connectivity index (χ1v) is 14.5. The minimum Gasteiger partial charge on any atom is -0.476 e. The maximum Gasteiger partial charge on any atom is 0.475 e. The van der Waals surface area contributed by atoms with Gasteiger partial charge in [-0.25, -0.2) is 9.55 Å². The lowest BCUT2D eigenvalue weighted by molar-refractivity contribution is -0.0700. The number of nitrogens with zero attached hydrogens (tertiary/aromatic N) is 4. The van der Waals surface area contributed by atoms with E-state index in [0.717, 1.165) is 0 Å². The molecule has 33 heavy (non-hydrogen) atoms. The van der Waals surface area contributed by atoms with E-state index in [-0.39, 0.29) is 29.8 Å². The third-order valence-electron chi connectivity index (χ3n) is 4.98. The van der Waals surface area contributed by atoms with Crippen molar-refractivity contribution in [2.75, 3.05) is 31.3 Å². The van der Waals surface area contributed by atoms with E-state index in [9.17, 15) is 4.57 Å². The lowest BCUT2D eigenvalue weighted by Crippen LogP contribution is -2.36. The summed E-state index contributed by atoms with van der Waals surface area (Å²) in [5, 5.41) is 0. The number of fused-ring (bicyclic) bond motifs is 2. The lowest BCUT2D eigenvalue weighted by atomic mass is 10.0. The van der Waals surface area contributed by atoms with Gasteiger partial charge in [0.2, 0.25) is 11.8 Å². The molecule has 0 saturated carbocycles. The smallest absolute Gasteiger partial charge is 0.475 e. The Morgan fingerprint density at radius 3 is 2.88 bits per heavy atom. The Morgan fingerprint density at radius 1 is 1.36 bits per heavy atom.